The van der Waals surface area contributed by atoms with Crippen molar-refractivity contribution in [3.05, 3.63) is 99.7 Å². The van der Waals surface area contributed by atoms with E-state index in [-0.39, 0.29) is 0 Å². The highest BCUT2D eigenvalue weighted by molar-refractivity contribution is 6.35. The summed E-state index contributed by atoms with van der Waals surface area (Å²) in [7, 11) is 0. The van der Waals surface area contributed by atoms with Gasteiger partial charge in [-0.15, -0.1) is 0 Å². The number of nitrogens with one attached hydrogen (secondary N) is 2. The van der Waals surface area contributed by atoms with Gasteiger partial charge >= 0.3 is 0 Å². The van der Waals surface area contributed by atoms with Crippen LogP contribution in [0.2, 0.25) is 10.0 Å². The molecule has 29 heavy (non-hydrogen) atoms. The number of halogens is 2. The van der Waals surface area contributed by atoms with Crippen LogP contribution in [0, 0.1) is 0 Å². The van der Waals surface area contributed by atoms with Crippen molar-refractivity contribution < 1.29 is 4.74 Å². The van der Waals surface area contributed by atoms with Crippen LogP contribution >= 0.6 is 23.2 Å². The maximum Gasteiger partial charge on any atom is 0.119 e. The van der Waals surface area contributed by atoms with E-state index in [2.05, 4.69) is 52.9 Å². The molecule has 0 unspecified atom stereocenters. The molecule has 1 heterocycles. The van der Waals surface area contributed by atoms with Crippen LogP contribution in [-0.2, 0) is 19.6 Å². The summed E-state index contributed by atoms with van der Waals surface area (Å²) in [6.07, 6.45) is 3.10. The van der Waals surface area contributed by atoms with E-state index in [1.54, 1.807) is 6.07 Å². The second-order valence-corrected chi connectivity index (χ2v) is 7.80. The largest absolute Gasteiger partial charge is 0.489 e. The maximum atomic E-state index is 6.19. The molecule has 0 saturated heterocycles. The SMILES string of the molecule is Clc1ccc(COc2ccc(CNCCc3c[nH]c4ccccc34)cc2)c(Cl)c1. The van der Waals surface area contributed by atoms with Gasteiger partial charge < -0.3 is 15.0 Å². The summed E-state index contributed by atoms with van der Waals surface area (Å²) in [5, 5.41) is 6.06. The van der Waals surface area contributed by atoms with Gasteiger partial charge in [-0.1, -0.05) is 59.6 Å². The van der Waals surface area contributed by atoms with E-state index in [4.69, 9.17) is 27.9 Å². The molecule has 0 saturated carbocycles. The highest BCUT2D eigenvalue weighted by atomic mass is 35.5. The van der Waals surface area contributed by atoms with Gasteiger partial charge in [-0.05, 0) is 54.4 Å². The van der Waals surface area contributed by atoms with E-state index in [0.29, 0.717) is 16.7 Å². The average molecular weight is 425 g/mol. The van der Waals surface area contributed by atoms with Crippen LogP contribution in [0.25, 0.3) is 10.9 Å². The predicted octanol–water partition coefficient (Wildman–Crippen LogP) is 6.39. The van der Waals surface area contributed by atoms with Crippen LogP contribution in [0.3, 0.4) is 0 Å². The van der Waals surface area contributed by atoms with Gasteiger partial charge in [0.05, 0.1) is 0 Å². The quantitative estimate of drug-likeness (QED) is 0.321. The van der Waals surface area contributed by atoms with Crippen molar-refractivity contribution in [2.75, 3.05) is 6.54 Å². The third-order valence-electron chi connectivity index (χ3n) is 4.91. The van der Waals surface area contributed by atoms with Crippen molar-refractivity contribution in [2.24, 2.45) is 0 Å². The Labute approximate surface area is 180 Å². The van der Waals surface area contributed by atoms with Crippen LogP contribution in [0.5, 0.6) is 5.75 Å². The lowest BCUT2D eigenvalue weighted by atomic mass is 10.1. The number of para-hydroxylation sites is 1. The Morgan fingerprint density at radius 1 is 0.897 bits per heavy atom. The molecule has 0 amide bonds. The molecule has 0 aliphatic rings. The molecular formula is C24H22Cl2N2O. The van der Waals surface area contributed by atoms with E-state index in [1.807, 2.05) is 24.3 Å². The van der Waals surface area contributed by atoms with Crippen LogP contribution < -0.4 is 10.1 Å². The summed E-state index contributed by atoms with van der Waals surface area (Å²) in [6.45, 7) is 2.17. The number of aromatic nitrogens is 1. The minimum absolute atomic E-state index is 0.415. The second kappa shape index (κ2) is 9.36. The first kappa shape index (κ1) is 19.8. The van der Waals surface area contributed by atoms with Gasteiger partial charge in [0.2, 0.25) is 0 Å². The third-order valence-corrected chi connectivity index (χ3v) is 5.49. The van der Waals surface area contributed by atoms with E-state index >= 15 is 0 Å². The lowest BCUT2D eigenvalue weighted by Crippen LogP contribution is -2.16. The van der Waals surface area contributed by atoms with Gasteiger partial charge in [-0.2, -0.15) is 0 Å². The molecule has 0 spiro atoms. The Balaban J connectivity index is 1.24. The van der Waals surface area contributed by atoms with E-state index in [0.717, 1.165) is 30.8 Å². The molecule has 148 valence electrons. The zero-order valence-corrected chi connectivity index (χ0v) is 17.4. The average Bonchev–Trinajstić information content (AvgIpc) is 3.15. The van der Waals surface area contributed by atoms with Gasteiger partial charge in [0, 0.05) is 39.3 Å². The molecule has 0 aliphatic carbocycles. The predicted molar refractivity (Wildman–Crippen MR) is 121 cm³/mol. The van der Waals surface area contributed by atoms with Crippen LogP contribution in [-0.4, -0.2) is 11.5 Å². The minimum Gasteiger partial charge on any atom is -0.489 e. The van der Waals surface area contributed by atoms with Gasteiger partial charge in [0.1, 0.15) is 12.4 Å². The Kier molecular flexibility index (Phi) is 6.40. The van der Waals surface area contributed by atoms with Crippen LogP contribution in [0.15, 0.2) is 72.9 Å². The number of H-pyrrole nitrogens is 1. The molecule has 1 aromatic heterocycles. The highest BCUT2D eigenvalue weighted by Gasteiger charge is 2.04. The number of hydrogen-bond acceptors (Lipinski definition) is 2. The Morgan fingerprint density at radius 3 is 2.55 bits per heavy atom. The summed E-state index contributed by atoms with van der Waals surface area (Å²) >= 11 is 12.1. The van der Waals surface area contributed by atoms with E-state index in [1.165, 1.54) is 22.0 Å². The topological polar surface area (TPSA) is 37.0 Å². The Morgan fingerprint density at radius 2 is 1.72 bits per heavy atom. The standard InChI is InChI=1S/C24H22Cl2N2O/c25-20-8-7-19(23(26)13-20)16-29-21-9-5-17(6-10-21)14-27-12-11-18-15-28-24-4-2-1-3-22(18)24/h1-10,13,15,27-28H,11-12,14,16H2. The fraction of sp³-hybridized carbons (Fsp3) is 0.167. The van der Waals surface area contributed by atoms with Gasteiger partial charge in [0.15, 0.2) is 0 Å². The van der Waals surface area contributed by atoms with E-state index < -0.39 is 0 Å². The first-order valence-electron chi connectivity index (χ1n) is 9.60. The van der Waals surface area contributed by atoms with Crippen molar-refractivity contribution in [3.8, 4) is 5.75 Å². The van der Waals surface area contributed by atoms with Gasteiger partial charge in [0.25, 0.3) is 0 Å². The zero-order chi connectivity index (χ0) is 20.1. The number of aromatic amines is 1. The fourth-order valence-corrected chi connectivity index (χ4v) is 3.76. The van der Waals surface area contributed by atoms with Crippen molar-refractivity contribution in [1.82, 2.24) is 10.3 Å². The normalized spacial score (nSPS) is 11.1. The van der Waals surface area contributed by atoms with Crippen molar-refractivity contribution in [3.63, 3.8) is 0 Å². The number of fused-ring (bicyclic) bond motifs is 1. The first-order valence-corrected chi connectivity index (χ1v) is 10.4. The fourth-order valence-electron chi connectivity index (χ4n) is 3.30. The smallest absolute Gasteiger partial charge is 0.119 e. The lowest BCUT2D eigenvalue weighted by Gasteiger charge is -2.09. The minimum atomic E-state index is 0.415. The number of benzene rings is 3. The lowest BCUT2D eigenvalue weighted by molar-refractivity contribution is 0.306. The molecular weight excluding hydrogens is 403 g/mol. The molecule has 2 N–H and O–H groups in total. The van der Waals surface area contributed by atoms with Gasteiger partial charge in [-0.25, -0.2) is 0 Å². The Bertz CT molecular complexity index is 1090. The molecule has 4 rings (SSSR count). The second-order valence-electron chi connectivity index (χ2n) is 6.95. The number of hydrogen-bond donors (Lipinski definition) is 2. The molecule has 5 heteroatoms. The first-order chi connectivity index (χ1) is 14.2. The molecule has 0 aliphatic heterocycles. The monoisotopic (exact) mass is 424 g/mol. The summed E-state index contributed by atoms with van der Waals surface area (Å²) in [4.78, 5) is 3.33. The summed E-state index contributed by atoms with van der Waals surface area (Å²) in [6, 6.07) is 22.0. The molecule has 0 bridgehead atoms. The zero-order valence-electron chi connectivity index (χ0n) is 15.9. The van der Waals surface area contributed by atoms with Crippen molar-refractivity contribution in [1.29, 1.82) is 0 Å². The maximum absolute atomic E-state index is 6.19. The van der Waals surface area contributed by atoms with Gasteiger partial charge in [-0.3, -0.25) is 0 Å². The third kappa shape index (κ3) is 5.13. The molecule has 3 aromatic carbocycles. The van der Waals surface area contributed by atoms with Crippen molar-refractivity contribution >= 4 is 34.1 Å². The molecule has 0 fully saturated rings. The van der Waals surface area contributed by atoms with E-state index in [9.17, 15) is 0 Å². The van der Waals surface area contributed by atoms with Crippen LogP contribution in [0.4, 0.5) is 0 Å². The molecule has 3 nitrogen and oxygen atoms in total. The number of rotatable bonds is 8. The Hall–Kier alpha value is -2.46. The summed E-state index contributed by atoms with van der Waals surface area (Å²) < 4.78 is 5.83. The van der Waals surface area contributed by atoms with Crippen molar-refractivity contribution in [2.45, 2.75) is 19.6 Å². The summed E-state index contributed by atoms with van der Waals surface area (Å²) in [5.74, 6) is 0.818. The summed E-state index contributed by atoms with van der Waals surface area (Å²) in [5.41, 5.74) is 4.68. The molecule has 0 atom stereocenters. The number of ether oxygens (including phenoxy) is 1. The highest BCUT2D eigenvalue weighted by Crippen LogP contribution is 2.23. The van der Waals surface area contributed by atoms with Crippen LogP contribution in [0.1, 0.15) is 16.7 Å². The molecule has 4 aromatic rings. The molecule has 0 radical (unpaired) electrons.